The van der Waals surface area contributed by atoms with E-state index in [1.807, 2.05) is 0 Å². The molecule has 5 heteroatoms. The molecule has 0 saturated heterocycles. The van der Waals surface area contributed by atoms with Crippen molar-refractivity contribution in [2.24, 2.45) is 0 Å². The smallest absolute Gasteiger partial charge is 0.326 e. The molecule has 2 N–H and O–H groups in total. The molecule has 0 saturated carbocycles. The molecule has 2 aromatic heterocycles. The Morgan fingerprint density at radius 2 is 2.56 bits per heavy atom. The van der Waals surface area contributed by atoms with Crippen LogP contribution in [0.25, 0.3) is 5.84 Å². The molecule has 0 fully saturated rings. The van der Waals surface area contributed by atoms with Crippen LogP contribution in [-0.4, -0.2) is 14.6 Å². The van der Waals surface area contributed by atoms with Crippen molar-refractivity contribution < 1.29 is 4.42 Å². The number of hydrogen-bond donors (Lipinski definition) is 1. The van der Waals surface area contributed by atoms with E-state index in [1.165, 1.54) is 17.1 Å². The van der Waals surface area contributed by atoms with E-state index in [1.54, 1.807) is 0 Å². The van der Waals surface area contributed by atoms with Crippen LogP contribution in [0.3, 0.4) is 0 Å². The third-order valence-electron chi connectivity index (χ3n) is 1.05. The molecule has 0 atom stereocenters. The SMILES string of the molecule is Nc1cnc2ocnn12. The van der Waals surface area contributed by atoms with E-state index >= 15 is 0 Å². The molecular formula is C4H4N4O. The van der Waals surface area contributed by atoms with Crippen molar-refractivity contribution in [2.75, 3.05) is 5.73 Å². The van der Waals surface area contributed by atoms with Gasteiger partial charge in [0.05, 0.1) is 6.20 Å². The topological polar surface area (TPSA) is 69.3 Å². The van der Waals surface area contributed by atoms with Gasteiger partial charge in [0, 0.05) is 0 Å². The molecular weight excluding hydrogens is 120 g/mol. The summed E-state index contributed by atoms with van der Waals surface area (Å²) in [4.78, 5) is 3.79. The van der Waals surface area contributed by atoms with Crippen LogP contribution in [0.1, 0.15) is 0 Å². The fourth-order valence-corrected chi connectivity index (χ4v) is 0.655. The maximum atomic E-state index is 5.40. The van der Waals surface area contributed by atoms with Gasteiger partial charge in [-0.3, -0.25) is 0 Å². The lowest BCUT2D eigenvalue weighted by Gasteiger charge is -1.78. The molecule has 9 heavy (non-hydrogen) atoms. The lowest BCUT2D eigenvalue weighted by molar-refractivity contribution is 0.589. The van der Waals surface area contributed by atoms with E-state index in [4.69, 9.17) is 10.2 Å². The lowest BCUT2D eigenvalue weighted by Crippen LogP contribution is -1.90. The zero-order valence-electron chi connectivity index (χ0n) is 4.48. The number of anilines is 1. The van der Waals surface area contributed by atoms with Gasteiger partial charge in [0.25, 0.3) is 0 Å². The number of nitrogens with zero attached hydrogens (tertiary/aromatic N) is 3. The highest BCUT2D eigenvalue weighted by atomic mass is 16.4. The van der Waals surface area contributed by atoms with E-state index < -0.39 is 0 Å². The average Bonchev–Trinajstić information content (AvgIpc) is 2.35. The van der Waals surface area contributed by atoms with Gasteiger partial charge in [-0.15, -0.1) is 5.10 Å². The molecule has 0 spiro atoms. The van der Waals surface area contributed by atoms with Crippen LogP contribution < -0.4 is 5.73 Å². The monoisotopic (exact) mass is 124 g/mol. The molecule has 2 rings (SSSR count). The van der Waals surface area contributed by atoms with Gasteiger partial charge < -0.3 is 10.2 Å². The molecule has 2 heterocycles. The Morgan fingerprint density at radius 1 is 1.67 bits per heavy atom. The number of nitrogens with two attached hydrogens (primary N) is 1. The van der Waals surface area contributed by atoms with E-state index in [0.29, 0.717) is 11.7 Å². The first-order valence-corrected chi connectivity index (χ1v) is 2.40. The molecule has 0 amide bonds. The second-order valence-corrected chi connectivity index (χ2v) is 1.62. The average molecular weight is 124 g/mol. The first-order chi connectivity index (χ1) is 4.38. The summed E-state index contributed by atoms with van der Waals surface area (Å²) in [6.07, 6.45) is 2.78. The highest BCUT2D eigenvalue weighted by Gasteiger charge is 2.00. The summed E-state index contributed by atoms with van der Waals surface area (Å²) in [5.74, 6) is 0.909. The maximum Gasteiger partial charge on any atom is 0.326 e. The van der Waals surface area contributed by atoms with E-state index in [-0.39, 0.29) is 0 Å². The predicted octanol–water partition coefficient (Wildman–Crippen LogP) is -0.0955. The first-order valence-electron chi connectivity index (χ1n) is 2.40. The largest absolute Gasteiger partial charge is 0.410 e. The maximum absolute atomic E-state index is 5.40. The molecule has 0 bridgehead atoms. The summed E-state index contributed by atoms with van der Waals surface area (Å²) in [5.41, 5.74) is 5.40. The molecule has 0 aliphatic carbocycles. The predicted molar refractivity (Wildman–Crippen MR) is 29.7 cm³/mol. The minimum atomic E-state index is 0.424. The van der Waals surface area contributed by atoms with Crippen LogP contribution in [0.15, 0.2) is 17.0 Å². The Morgan fingerprint density at radius 3 is 3.33 bits per heavy atom. The fourth-order valence-electron chi connectivity index (χ4n) is 0.655. The number of rotatable bonds is 0. The third kappa shape index (κ3) is 0.426. The summed E-state index contributed by atoms with van der Waals surface area (Å²) < 4.78 is 6.22. The Balaban J connectivity index is 2.99. The lowest BCUT2D eigenvalue weighted by atomic mass is 10.8. The molecule has 5 nitrogen and oxygen atoms in total. The standard InChI is InChI=1S/C4H4N4O/c5-3-1-6-4-8(3)7-2-9-4/h1-2H,5H2. The van der Waals surface area contributed by atoms with Crippen molar-refractivity contribution in [3.8, 4) is 0 Å². The van der Waals surface area contributed by atoms with Crippen molar-refractivity contribution in [1.82, 2.24) is 14.6 Å². The van der Waals surface area contributed by atoms with Gasteiger partial charge in [-0.05, 0) is 0 Å². The van der Waals surface area contributed by atoms with Gasteiger partial charge in [0.1, 0.15) is 5.82 Å². The number of imidazole rings is 1. The van der Waals surface area contributed by atoms with Crippen LogP contribution in [0.5, 0.6) is 0 Å². The Labute approximate surface area is 50.1 Å². The number of fused-ring (bicyclic) bond motifs is 1. The van der Waals surface area contributed by atoms with E-state index in [0.717, 1.165) is 0 Å². The zero-order chi connectivity index (χ0) is 6.27. The molecule has 0 aliphatic heterocycles. The summed E-state index contributed by atoms with van der Waals surface area (Å²) in [5, 5.41) is 3.74. The number of hydrogen-bond acceptors (Lipinski definition) is 4. The van der Waals surface area contributed by atoms with Crippen molar-refractivity contribution in [1.29, 1.82) is 0 Å². The van der Waals surface area contributed by atoms with Crippen molar-refractivity contribution >= 4 is 11.7 Å². The number of aromatic nitrogens is 3. The first kappa shape index (κ1) is 4.37. The fraction of sp³-hybridized carbons (Fsp3) is 0. The molecule has 0 aliphatic rings. The van der Waals surface area contributed by atoms with Crippen molar-refractivity contribution in [3.05, 3.63) is 12.6 Å². The minimum Gasteiger partial charge on any atom is -0.410 e. The van der Waals surface area contributed by atoms with Crippen LogP contribution in [0.2, 0.25) is 0 Å². The summed E-state index contributed by atoms with van der Waals surface area (Å²) >= 11 is 0. The molecule has 46 valence electrons. The Bertz CT molecular complexity index is 322. The van der Waals surface area contributed by atoms with Crippen molar-refractivity contribution in [3.63, 3.8) is 0 Å². The molecule has 0 aromatic carbocycles. The van der Waals surface area contributed by atoms with Crippen molar-refractivity contribution in [2.45, 2.75) is 0 Å². The summed E-state index contributed by atoms with van der Waals surface area (Å²) in [6.45, 7) is 0. The van der Waals surface area contributed by atoms with Crippen LogP contribution in [0.4, 0.5) is 5.82 Å². The minimum absolute atomic E-state index is 0.424. The molecule has 2 aromatic rings. The van der Waals surface area contributed by atoms with Gasteiger partial charge in [0.2, 0.25) is 6.39 Å². The highest BCUT2D eigenvalue weighted by Crippen LogP contribution is 2.03. The summed E-state index contributed by atoms with van der Waals surface area (Å²) in [6, 6.07) is 0. The third-order valence-corrected chi connectivity index (χ3v) is 1.05. The zero-order valence-corrected chi connectivity index (χ0v) is 4.48. The van der Waals surface area contributed by atoms with E-state index in [9.17, 15) is 0 Å². The second kappa shape index (κ2) is 1.25. The van der Waals surface area contributed by atoms with Gasteiger partial charge in [-0.2, -0.15) is 9.50 Å². The van der Waals surface area contributed by atoms with Gasteiger partial charge in [0.15, 0.2) is 0 Å². The number of nitrogen functional groups attached to an aromatic ring is 1. The normalized spacial score (nSPS) is 10.7. The second-order valence-electron chi connectivity index (χ2n) is 1.62. The van der Waals surface area contributed by atoms with Crippen LogP contribution in [0, 0.1) is 0 Å². The van der Waals surface area contributed by atoms with E-state index in [2.05, 4.69) is 10.1 Å². The quantitative estimate of drug-likeness (QED) is 0.532. The molecule has 0 unspecified atom stereocenters. The Kier molecular flexibility index (Phi) is 0.606. The van der Waals surface area contributed by atoms with Crippen LogP contribution >= 0.6 is 0 Å². The molecule has 0 radical (unpaired) electrons. The van der Waals surface area contributed by atoms with Crippen LogP contribution in [-0.2, 0) is 0 Å². The highest BCUT2D eigenvalue weighted by molar-refractivity contribution is 5.36. The summed E-state index contributed by atoms with van der Waals surface area (Å²) in [7, 11) is 0. The van der Waals surface area contributed by atoms with Gasteiger partial charge >= 0.3 is 5.84 Å². The van der Waals surface area contributed by atoms with Gasteiger partial charge in [-0.1, -0.05) is 0 Å². The Hall–Kier alpha value is -1.52. The van der Waals surface area contributed by atoms with Gasteiger partial charge in [-0.25, -0.2) is 0 Å².